The lowest BCUT2D eigenvalue weighted by Crippen LogP contribution is -2.45. The second-order valence-electron chi connectivity index (χ2n) is 5.05. The fourth-order valence-corrected chi connectivity index (χ4v) is 1.65. The van der Waals surface area contributed by atoms with Crippen LogP contribution < -0.4 is 10.1 Å². The van der Waals surface area contributed by atoms with Crippen molar-refractivity contribution < 1.29 is 23.8 Å². The van der Waals surface area contributed by atoms with E-state index in [0.717, 1.165) is 0 Å². The van der Waals surface area contributed by atoms with Gasteiger partial charge in [0, 0.05) is 5.54 Å². The predicted molar refractivity (Wildman–Crippen MR) is 71.0 cm³/mol. The summed E-state index contributed by atoms with van der Waals surface area (Å²) in [4.78, 5) is 22.3. The summed E-state index contributed by atoms with van der Waals surface area (Å²) in [5.41, 5.74) is -0.807. The van der Waals surface area contributed by atoms with Gasteiger partial charge >= 0.3 is 5.97 Å². The molecule has 0 aliphatic carbocycles. The van der Waals surface area contributed by atoms with Crippen LogP contribution in [0.5, 0.6) is 5.75 Å². The van der Waals surface area contributed by atoms with Gasteiger partial charge in [-0.1, -0.05) is 0 Å². The van der Waals surface area contributed by atoms with Crippen LogP contribution >= 0.6 is 0 Å². The number of aliphatic carboxylic acids is 1. The van der Waals surface area contributed by atoms with Crippen LogP contribution in [-0.2, 0) is 9.59 Å². The molecule has 110 valence electrons. The highest BCUT2D eigenvalue weighted by molar-refractivity contribution is 5.78. The number of carboxylic acids is 1. The van der Waals surface area contributed by atoms with E-state index in [0.29, 0.717) is 5.75 Å². The molecule has 0 aliphatic rings. The van der Waals surface area contributed by atoms with E-state index >= 15 is 0 Å². The Morgan fingerprint density at radius 3 is 2.45 bits per heavy atom. The largest absolute Gasteiger partial charge is 0.493 e. The molecule has 20 heavy (non-hydrogen) atoms. The van der Waals surface area contributed by atoms with Gasteiger partial charge in [-0.15, -0.1) is 0 Å². The second-order valence-corrected chi connectivity index (χ2v) is 5.05. The molecule has 0 radical (unpaired) electrons. The molecule has 1 aromatic carbocycles. The van der Waals surface area contributed by atoms with Gasteiger partial charge in [0.2, 0.25) is 5.91 Å². The molecule has 5 nitrogen and oxygen atoms in total. The van der Waals surface area contributed by atoms with Crippen molar-refractivity contribution in [2.45, 2.75) is 32.2 Å². The maximum Gasteiger partial charge on any atom is 0.305 e. The van der Waals surface area contributed by atoms with Crippen LogP contribution in [0.1, 0.15) is 26.7 Å². The fraction of sp³-hybridized carbons (Fsp3) is 0.429. The number of nitrogens with one attached hydrogen (secondary N) is 1. The van der Waals surface area contributed by atoms with Crippen molar-refractivity contribution in [1.29, 1.82) is 0 Å². The predicted octanol–water partition coefficient (Wildman–Crippen LogP) is 1.96. The highest BCUT2D eigenvalue weighted by Crippen LogP contribution is 2.12. The van der Waals surface area contributed by atoms with Crippen LogP contribution in [0, 0.1) is 5.82 Å². The van der Waals surface area contributed by atoms with Gasteiger partial charge in [-0.05, 0) is 38.1 Å². The van der Waals surface area contributed by atoms with Crippen LogP contribution in [0.3, 0.4) is 0 Å². The molecule has 0 aromatic heterocycles. The first-order valence-electron chi connectivity index (χ1n) is 6.20. The van der Waals surface area contributed by atoms with E-state index in [2.05, 4.69) is 5.32 Å². The summed E-state index contributed by atoms with van der Waals surface area (Å²) in [5.74, 6) is -1.15. The lowest BCUT2D eigenvalue weighted by Gasteiger charge is -2.24. The summed E-state index contributed by atoms with van der Waals surface area (Å²) >= 11 is 0. The van der Waals surface area contributed by atoms with E-state index < -0.39 is 11.5 Å². The standard InChI is InChI=1S/C14H18FNO4/c1-14(2,9-13(18)19)16-12(17)7-8-20-11-5-3-10(15)4-6-11/h3-6H,7-9H2,1-2H3,(H,16,17)(H,18,19). The Morgan fingerprint density at radius 2 is 1.90 bits per heavy atom. The van der Waals surface area contributed by atoms with E-state index in [-0.39, 0.29) is 31.2 Å². The quantitative estimate of drug-likeness (QED) is 0.802. The minimum Gasteiger partial charge on any atom is -0.493 e. The van der Waals surface area contributed by atoms with Crippen molar-refractivity contribution >= 4 is 11.9 Å². The van der Waals surface area contributed by atoms with Crippen molar-refractivity contribution in [1.82, 2.24) is 5.32 Å². The molecule has 0 heterocycles. The molecule has 0 bridgehead atoms. The zero-order valence-electron chi connectivity index (χ0n) is 11.5. The first-order valence-corrected chi connectivity index (χ1v) is 6.20. The number of amides is 1. The summed E-state index contributed by atoms with van der Waals surface area (Å²) < 4.78 is 17.9. The second kappa shape index (κ2) is 6.88. The highest BCUT2D eigenvalue weighted by Gasteiger charge is 2.23. The highest BCUT2D eigenvalue weighted by atomic mass is 19.1. The van der Waals surface area contributed by atoms with Crippen molar-refractivity contribution in [2.75, 3.05) is 6.61 Å². The van der Waals surface area contributed by atoms with Gasteiger partial charge in [0.1, 0.15) is 11.6 Å². The van der Waals surface area contributed by atoms with Crippen LogP contribution in [0.4, 0.5) is 4.39 Å². The van der Waals surface area contributed by atoms with Crippen LogP contribution in [-0.4, -0.2) is 29.1 Å². The molecule has 2 N–H and O–H groups in total. The SMILES string of the molecule is CC(C)(CC(=O)O)NC(=O)CCOc1ccc(F)cc1. The van der Waals surface area contributed by atoms with Gasteiger partial charge < -0.3 is 15.2 Å². The minimum atomic E-state index is -0.974. The molecule has 0 saturated carbocycles. The zero-order chi connectivity index (χ0) is 15.2. The third-order valence-electron chi connectivity index (χ3n) is 2.48. The average Bonchev–Trinajstić information content (AvgIpc) is 2.29. The fourth-order valence-electron chi connectivity index (χ4n) is 1.65. The Kier molecular flexibility index (Phi) is 5.49. The number of benzene rings is 1. The molecule has 0 saturated heterocycles. The third kappa shape index (κ3) is 6.17. The first-order chi connectivity index (χ1) is 9.28. The van der Waals surface area contributed by atoms with Crippen molar-refractivity contribution in [2.24, 2.45) is 0 Å². The summed E-state index contributed by atoms with van der Waals surface area (Å²) in [6, 6.07) is 5.49. The molecule has 0 fully saturated rings. The number of carbonyl (C=O) groups excluding carboxylic acids is 1. The van der Waals surface area contributed by atoms with Crippen LogP contribution in [0.25, 0.3) is 0 Å². The molecule has 0 aliphatic heterocycles. The Labute approximate surface area is 116 Å². The number of hydrogen-bond acceptors (Lipinski definition) is 3. The van der Waals surface area contributed by atoms with E-state index in [1.54, 1.807) is 13.8 Å². The molecule has 1 amide bonds. The Hall–Kier alpha value is -2.11. The van der Waals surface area contributed by atoms with Gasteiger partial charge in [0.05, 0.1) is 19.4 Å². The lowest BCUT2D eigenvalue weighted by molar-refractivity contribution is -0.138. The zero-order valence-corrected chi connectivity index (χ0v) is 11.5. The number of halogens is 1. The number of hydrogen-bond donors (Lipinski definition) is 2. The Morgan fingerprint density at radius 1 is 1.30 bits per heavy atom. The smallest absolute Gasteiger partial charge is 0.305 e. The molecule has 6 heteroatoms. The van der Waals surface area contributed by atoms with Crippen LogP contribution in [0.2, 0.25) is 0 Å². The molecular formula is C14H18FNO4. The van der Waals surface area contributed by atoms with Gasteiger partial charge in [0.15, 0.2) is 0 Å². The molecule has 0 atom stereocenters. The van der Waals surface area contributed by atoms with E-state index in [1.807, 2.05) is 0 Å². The number of rotatable bonds is 7. The number of carboxylic acid groups (broad SMARTS) is 1. The average molecular weight is 283 g/mol. The maximum absolute atomic E-state index is 12.7. The molecule has 1 aromatic rings. The summed E-state index contributed by atoms with van der Waals surface area (Å²) in [7, 11) is 0. The first kappa shape index (κ1) is 15.9. The topological polar surface area (TPSA) is 75.6 Å². The molecule has 0 unspecified atom stereocenters. The van der Waals surface area contributed by atoms with Crippen LogP contribution in [0.15, 0.2) is 24.3 Å². The van der Waals surface area contributed by atoms with E-state index in [1.165, 1.54) is 24.3 Å². The Bertz CT molecular complexity index is 471. The van der Waals surface area contributed by atoms with Gasteiger partial charge in [0.25, 0.3) is 0 Å². The van der Waals surface area contributed by atoms with Crippen molar-refractivity contribution in [3.8, 4) is 5.75 Å². The summed E-state index contributed by atoms with van der Waals surface area (Å²) in [5, 5.41) is 11.3. The Balaban J connectivity index is 2.33. The normalized spacial score (nSPS) is 10.9. The van der Waals surface area contributed by atoms with Gasteiger partial charge in [-0.3, -0.25) is 9.59 Å². The molecular weight excluding hydrogens is 265 g/mol. The third-order valence-corrected chi connectivity index (χ3v) is 2.48. The lowest BCUT2D eigenvalue weighted by atomic mass is 10.0. The summed E-state index contributed by atoms with van der Waals surface area (Å²) in [6.07, 6.45) is -0.0576. The molecule has 1 rings (SSSR count). The number of carbonyl (C=O) groups is 2. The van der Waals surface area contributed by atoms with Gasteiger partial charge in [-0.2, -0.15) is 0 Å². The number of ether oxygens (including phenoxy) is 1. The minimum absolute atomic E-state index is 0.0976. The van der Waals surface area contributed by atoms with Crippen molar-refractivity contribution in [3.05, 3.63) is 30.1 Å². The van der Waals surface area contributed by atoms with E-state index in [9.17, 15) is 14.0 Å². The van der Waals surface area contributed by atoms with E-state index in [4.69, 9.17) is 9.84 Å². The monoisotopic (exact) mass is 283 g/mol. The maximum atomic E-state index is 12.7. The molecule has 0 spiro atoms. The van der Waals surface area contributed by atoms with Crippen molar-refractivity contribution in [3.63, 3.8) is 0 Å². The summed E-state index contributed by atoms with van der Waals surface area (Å²) in [6.45, 7) is 3.42. The van der Waals surface area contributed by atoms with Gasteiger partial charge in [-0.25, -0.2) is 4.39 Å².